The van der Waals surface area contributed by atoms with Gasteiger partial charge in [-0.25, -0.2) is 4.98 Å². The molecule has 1 fully saturated rings. The fourth-order valence-corrected chi connectivity index (χ4v) is 5.79. The van der Waals surface area contributed by atoms with Crippen molar-refractivity contribution in [2.24, 2.45) is 5.92 Å². The van der Waals surface area contributed by atoms with Crippen LogP contribution in [-0.4, -0.2) is 11.6 Å². The Morgan fingerprint density at radius 2 is 1.38 bits per heavy atom. The number of unbranched alkanes of at least 4 members (excludes halogenated alkanes) is 10. The zero-order chi connectivity index (χ0) is 26.1. The van der Waals surface area contributed by atoms with Gasteiger partial charge in [-0.2, -0.15) is 5.26 Å². The van der Waals surface area contributed by atoms with Crippen molar-refractivity contribution in [3.63, 3.8) is 0 Å². The Hall–Kier alpha value is -2.34. The van der Waals surface area contributed by atoms with E-state index in [1.807, 2.05) is 12.1 Å². The molecule has 1 aliphatic rings. The van der Waals surface area contributed by atoms with E-state index in [2.05, 4.69) is 49.2 Å². The predicted octanol–water partition coefficient (Wildman–Crippen LogP) is 10.4. The van der Waals surface area contributed by atoms with Gasteiger partial charge in [-0.1, -0.05) is 115 Å². The predicted molar refractivity (Wildman–Crippen MR) is 156 cm³/mol. The minimum Gasteiger partial charge on any atom is -0.491 e. The molecule has 1 aromatic carbocycles. The van der Waals surface area contributed by atoms with Crippen LogP contribution in [0.4, 0.5) is 0 Å². The number of aromatic nitrogens is 1. The van der Waals surface area contributed by atoms with E-state index in [0.717, 1.165) is 23.6 Å². The van der Waals surface area contributed by atoms with Crippen LogP contribution in [0.25, 0.3) is 11.3 Å². The molecule has 2 aromatic rings. The number of benzene rings is 1. The van der Waals surface area contributed by atoms with Crippen LogP contribution in [0, 0.1) is 17.2 Å². The first kappa shape index (κ1) is 29.2. The van der Waals surface area contributed by atoms with E-state index in [-0.39, 0.29) is 0 Å². The maximum absolute atomic E-state index is 9.64. The second-order valence-electron chi connectivity index (χ2n) is 11.2. The summed E-state index contributed by atoms with van der Waals surface area (Å²) in [6, 6.07) is 15.1. The van der Waals surface area contributed by atoms with Crippen LogP contribution in [0.15, 0.2) is 36.4 Å². The van der Waals surface area contributed by atoms with E-state index < -0.39 is 0 Å². The van der Waals surface area contributed by atoms with E-state index in [9.17, 15) is 5.26 Å². The lowest BCUT2D eigenvalue weighted by Gasteiger charge is -2.29. The van der Waals surface area contributed by atoms with Crippen LogP contribution in [-0.2, 0) is 0 Å². The van der Waals surface area contributed by atoms with Gasteiger partial charge in [0.1, 0.15) is 6.07 Å². The van der Waals surface area contributed by atoms with Crippen LogP contribution in [0.3, 0.4) is 0 Å². The third-order valence-electron chi connectivity index (χ3n) is 8.21. The van der Waals surface area contributed by atoms with Crippen LogP contribution >= 0.6 is 0 Å². The van der Waals surface area contributed by atoms with Crippen LogP contribution in [0.1, 0.15) is 140 Å². The average molecular weight is 503 g/mol. The molecule has 1 heterocycles. The molecule has 0 radical (unpaired) electrons. The Bertz CT molecular complexity index is 922. The maximum atomic E-state index is 9.64. The first-order valence-corrected chi connectivity index (χ1v) is 15.4. The van der Waals surface area contributed by atoms with E-state index >= 15 is 0 Å². The molecule has 3 nitrogen and oxygen atoms in total. The van der Waals surface area contributed by atoms with Gasteiger partial charge in [-0.3, -0.25) is 0 Å². The van der Waals surface area contributed by atoms with Crippen molar-refractivity contribution in [3.8, 4) is 23.1 Å². The minimum absolute atomic E-state index is 0.385. The average Bonchev–Trinajstić information content (AvgIpc) is 2.95. The molecule has 1 aliphatic carbocycles. The van der Waals surface area contributed by atoms with Crippen molar-refractivity contribution < 1.29 is 4.74 Å². The highest BCUT2D eigenvalue weighted by molar-refractivity contribution is 5.61. The molecular formula is C34H50N2O. The molecule has 3 rings (SSSR count). The Balaban J connectivity index is 1.44. The smallest absolute Gasteiger partial charge is 0.183 e. The van der Waals surface area contributed by atoms with Crippen LogP contribution in [0.5, 0.6) is 5.75 Å². The Kier molecular flexibility index (Phi) is 13.6. The number of ether oxygens (including phenoxy) is 1. The first-order chi connectivity index (χ1) is 18.2. The summed E-state index contributed by atoms with van der Waals surface area (Å²) in [7, 11) is 0. The lowest BCUT2D eigenvalue weighted by Crippen LogP contribution is -2.13. The van der Waals surface area contributed by atoms with Gasteiger partial charge in [0, 0.05) is 5.56 Å². The summed E-state index contributed by atoms with van der Waals surface area (Å²) in [6.07, 6.45) is 22.6. The molecule has 0 bridgehead atoms. The third-order valence-corrected chi connectivity index (χ3v) is 8.21. The topological polar surface area (TPSA) is 45.9 Å². The third kappa shape index (κ3) is 10.1. The Morgan fingerprint density at radius 3 is 2.03 bits per heavy atom. The van der Waals surface area contributed by atoms with Gasteiger partial charge in [0.15, 0.2) is 11.4 Å². The van der Waals surface area contributed by atoms with Crippen molar-refractivity contribution >= 4 is 0 Å². The molecule has 0 atom stereocenters. The van der Waals surface area contributed by atoms with Gasteiger partial charge >= 0.3 is 0 Å². The van der Waals surface area contributed by atoms with Gasteiger partial charge in [0.2, 0.25) is 0 Å². The number of nitriles is 1. The quantitative estimate of drug-likeness (QED) is 0.202. The summed E-state index contributed by atoms with van der Waals surface area (Å²) < 4.78 is 5.89. The van der Waals surface area contributed by atoms with E-state index in [1.165, 1.54) is 108 Å². The van der Waals surface area contributed by atoms with E-state index in [1.54, 1.807) is 0 Å². The highest BCUT2D eigenvalue weighted by Gasteiger charge is 2.22. The summed E-state index contributed by atoms with van der Waals surface area (Å²) in [5.74, 6) is 2.24. The Labute approximate surface area is 227 Å². The molecule has 0 saturated heterocycles. The molecule has 0 spiro atoms. The molecule has 1 saturated carbocycles. The van der Waals surface area contributed by atoms with Crippen molar-refractivity contribution in [2.75, 3.05) is 6.61 Å². The minimum atomic E-state index is 0.385. The van der Waals surface area contributed by atoms with Crippen molar-refractivity contribution in [3.05, 3.63) is 47.7 Å². The second kappa shape index (κ2) is 17.2. The maximum Gasteiger partial charge on any atom is 0.183 e. The molecule has 202 valence electrons. The molecule has 0 amide bonds. The summed E-state index contributed by atoms with van der Waals surface area (Å²) >= 11 is 0. The first-order valence-electron chi connectivity index (χ1n) is 15.4. The standard InChI is InChI=1S/C34H50N2O/c1-3-5-7-9-11-13-15-28-16-18-29(19-17-28)30-20-22-31(23-21-30)32-24-25-34(33(27-35)36-32)37-26-14-12-10-8-6-4-2/h20-25,28-29H,3-19,26H2,1-2H3. The summed E-state index contributed by atoms with van der Waals surface area (Å²) in [5, 5.41) is 9.64. The SMILES string of the molecule is CCCCCCCCOc1ccc(-c2ccc(C3CCC(CCCCCCCC)CC3)cc2)nc1C#N. The molecular weight excluding hydrogens is 452 g/mol. The summed E-state index contributed by atoms with van der Waals surface area (Å²) in [5.41, 5.74) is 3.76. The number of nitrogens with zero attached hydrogens (tertiary/aromatic N) is 2. The van der Waals surface area contributed by atoms with Crippen molar-refractivity contribution in [1.29, 1.82) is 5.26 Å². The van der Waals surface area contributed by atoms with Gasteiger partial charge in [0.05, 0.1) is 12.3 Å². The summed E-state index contributed by atoms with van der Waals surface area (Å²) in [6.45, 7) is 5.18. The monoisotopic (exact) mass is 502 g/mol. The largest absolute Gasteiger partial charge is 0.491 e. The number of pyridine rings is 1. The van der Waals surface area contributed by atoms with Gasteiger partial charge in [0.25, 0.3) is 0 Å². The number of rotatable bonds is 17. The van der Waals surface area contributed by atoms with E-state index in [0.29, 0.717) is 24.0 Å². The van der Waals surface area contributed by atoms with Crippen molar-refractivity contribution in [2.45, 2.75) is 129 Å². The van der Waals surface area contributed by atoms with Crippen LogP contribution in [0.2, 0.25) is 0 Å². The number of hydrogen-bond donors (Lipinski definition) is 0. The van der Waals surface area contributed by atoms with Gasteiger partial charge < -0.3 is 4.74 Å². The lowest BCUT2D eigenvalue weighted by molar-refractivity contribution is 0.302. The zero-order valence-corrected chi connectivity index (χ0v) is 23.6. The molecule has 0 aliphatic heterocycles. The fraction of sp³-hybridized carbons (Fsp3) is 0.647. The van der Waals surface area contributed by atoms with Crippen molar-refractivity contribution in [1.82, 2.24) is 4.98 Å². The normalized spacial score (nSPS) is 17.4. The zero-order valence-electron chi connectivity index (χ0n) is 23.6. The van der Waals surface area contributed by atoms with Gasteiger partial charge in [-0.05, 0) is 61.6 Å². The highest BCUT2D eigenvalue weighted by atomic mass is 16.5. The molecule has 3 heteroatoms. The number of hydrogen-bond acceptors (Lipinski definition) is 3. The lowest BCUT2D eigenvalue weighted by atomic mass is 9.77. The van der Waals surface area contributed by atoms with Crippen LogP contribution < -0.4 is 4.74 Å². The Morgan fingerprint density at radius 1 is 0.757 bits per heavy atom. The summed E-state index contributed by atoms with van der Waals surface area (Å²) in [4.78, 5) is 4.62. The molecule has 1 aromatic heterocycles. The fourth-order valence-electron chi connectivity index (χ4n) is 5.79. The molecule has 37 heavy (non-hydrogen) atoms. The highest BCUT2D eigenvalue weighted by Crippen LogP contribution is 2.38. The van der Waals surface area contributed by atoms with E-state index in [4.69, 9.17) is 4.74 Å². The molecule has 0 N–H and O–H groups in total. The second-order valence-corrected chi connectivity index (χ2v) is 11.2. The van der Waals surface area contributed by atoms with Gasteiger partial charge in [-0.15, -0.1) is 0 Å². The molecule has 0 unspecified atom stereocenters.